The van der Waals surface area contributed by atoms with Crippen LogP contribution >= 0.6 is 0 Å². The van der Waals surface area contributed by atoms with E-state index in [9.17, 15) is 18.4 Å². The molecule has 0 saturated heterocycles. The third-order valence-corrected chi connectivity index (χ3v) is 6.98. The van der Waals surface area contributed by atoms with Gasteiger partial charge in [0.25, 0.3) is 0 Å². The minimum atomic E-state index is -4.74. The molecule has 0 unspecified atom stereocenters. The minimum Gasteiger partial charge on any atom is -0.406 e. The monoisotopic (exact) mass is 498 g/mol. The van der Waals surface area contributed by atoms with E-state index in [0.717, 1.165) is 47.7 Å². The van der Waals surface area contributed by atoms with Crippen LogP contribution in [0.3, 0.4) is 0 Å². The van der Waals surface area contributed by atoms with E-state index in [1.54, 1.807) is 6.07 Å². The second-order valence-corrected chi connectivity index (χ2v) is 9.51. The number of rotatable bonds is 10. The smallest absolute Gasteiger partial charge is 0.406 e. The molecule has 0 amide bonds. The highest BCUT2D eigenvalue weighted by Crippen LogP contribution is 2.35. The van der Waals surface area contributed by atoms with E-state index < -0.39 is 6.36 Å². The molecular weight excluding hydrogens is 465 g/mol. The molecule has 3 N–H and O–H groups in total. The Bertz CT molecular complexity index is 1190. The van der Waals surface area contributed by atoms with E-state index >= 15 is 0 Å². The first-order chi connectivity index (χ1) is 17.4. The van der Waals surface area contributed by atoms with Gasteiger partial charge in [-0.1, -0.05) is 31.4 Å². The van der Waals surface area contributed by atoms with Crippen molar-refractivity contribution in [1.29, 1.82) is 5.26 Å². The average Bonchev–Trinajstić information content (AvgIpc) is 3.23. The quantitative estimate of drug-likeness (QED) is 0.312. The Hall–Kier alpha value is -3.02. The molecule has 3 aromatic rings. The highest BCUT2D eigenvalue weighted by atomic mass is 19.4. The third-order valence-electron chi connectivity index (χ3n) is 6.98. The van der Waals surface area contributed by atoms with Gasteiger partial charge in [-0.05, 0) is 86.7 Å². The van der Waals surface area contributed by atoms with Crippen LogP contribution in [0, 0.1) is 11.3 Å². The Kier molecular flexibility index (Phi) is 8.55. The SMILES string of the molecule is N#Cc1ccc2c(c1)c(CC[C@H](NCCCN)c1cccc(OC(F)(F)F)c1)cn2C1CCCCC1. The van der Waals surface area contributed by atoms with Crippen molar-refractivity contribution in [1.82, 2.24) is 9.88 Å². The summed E-state index contributed by atoms with van der Waals surface area (Å²) >= 11 is 0. The van der Waals surface area contributed by atoms with Gasteiger partial charge < -0.3 is 20.4 Å². The highest BCUT2D eigenvalue weighted by molar-refractivity contribution is 5.85. The molecule has 0 aliphatic heterocycles. The molecule has 1 aromatic heterocycles. The van der Waals surface area contributed by atoms with Crippen molar-refractivity contribution in [2.45, 2.75) is 69.8 Å². The number of aryl methyl sites for hydroxylation is 1. The molecular formula is C28H33F3N4O. The highest BCUT2D eigenvalue weighted by Gasteiger charge is 2.31. The van der Waals surface area contributed by atoms with Crippen molar-refractivity contribution >= 4 is 10.9 Å². The lowest BCUT2D eigenvalue weighted by molar-refractivity contribution is -0.274. The van der Waals surface area contributed by atoms with E-state index in [2.05, 4.69) is 26.9 Å². The lowest BCUT2D eigenvalue weighted by Crippen LogP contribution is -2.25. The summed E-state index contributed by atoms with van der Waals surface area (Å²) in [5.74, 6) is -0.224. The Morgan fingerprint density at radius 2 is 1.94 bits per heavy atom. The summed E-state index contributed by atoms with van der Waals surface area (Å²) in [6.07, 6.45) is 5.67. The van der Waals surface area contributed by atoms with E-state index in [1.165, 1.54) is 31.4 Å². The number of halogens is 3. The van der Waals surface area contributed by atoms with Crippen LogP contribution in [0.4, 0.5) is 13.2 Å². The lowest BCUT2D eigenvalue weighted by atomic mass is 9.95. The van der Waals surface area contributed by atoms with Crippen LogP contribution < -0.4 is 15.8 Å². The van der Waals surface area contributed by atoms with Crippen LogP contribution in [0.2, 0.25) is 0 Å². The molecule has 0 radical (unpaired) electrons. The molecule has 1 atom stereocenters. The van der Waals surface area contributed by atoms with Crippen molar-refractivity contribution in [2.75, 3.05) is 13.1 Å². The number of hydrogen-bond acceptors (Lipinski definition) is 4. The number of aromatic nitrogens is 1. The third kappa shape index (κ3) is 6.59. The largest absolute Gasteiger partial charge is 0.573 e. The van der Waals surface area contributed by atoms with Gasteiger partial charge in [0.2, 0.25) is 0 Å². The molecule has 4 rings (SSSR count). The summed E-state index contributed by atoms with van der Waals surface area (Å²) in [6.45, 7) is 1.19. The van der Waals surface area contributed by atoms with Crippen LogP contribution in [0.1, 0.15) is 73.7 Å². The maximum atomic E-state index is 12.8. The molecule has 8 heteroatoms. The van der Waals surface area contributed by atoms with Crippen LogP contribution in [0.25, 0.3) is 10.9 Å². The lowest BCUT2D eigenvalue weighted by Gasteiger charge is -2.24. The van der Waals surface area contributed by atoms with Gasteiger partial charge in [0.05, 0.1) is 11.6 Å². The van der Waals surface area contributed by atoms with Gasteiger partial charge in [0.1, 0.15) is 5.75 Å². The summed E-state index contributed by atoms with van der Waals surface area (Å²) < 4.78 is 44.9. The zero-order chi connectivity index (χ0) is 25.5. The molecule has 192 valence electrons. The van der Waals surface area contributed by atoms with Gasteiger partial charge in [0, 0.05) is 29.2 Å². The molecule has 1 aliphatic rings. The molecule has 1 fully saturated rings. The average molecular weight is 499 g/mol. The van der Waals surface area contributed by atoms with Crippen LogP contribution in [0.15, 0.2) is 48.7 Å². The van der Waals surface area contributed by atoms with Crippen molar-refractivity contribution in [2.24, 2.45) is 5.73 Å². The minimum absolute atomic E-state index is 0.166. The predicted molar refractivity (Wildman–Crippen MR) is 135 cm³/mol. The van der Waals surface area contributed by atoms with Gasteiger partial charge in [-0.2, -0.15) is 5.26 Å². The Morgan fingerprint density at radius 3 is 2.67 bits per heavy atom. The topological polar surface area (TPSA) is 76.0 Å². The number of fused-ring (bicyclic) bond motifs is 1. The molecule has 2 aromatic carbocycles. The maximum absolute atomic E-state index is 12.8. The zero-order valence-electron chi connectivity index (χ0n) is 20.4. The number of nitrogens with zero attached hydrogens (tertiary/aromatic N) is 2. The summed E-state index contributed by atoms with van der Waals surface area (Å²) in [6, 6.07) is 14.6. The van der Waals surface area contributed by atoms with Crippen LogP contribution in [-0.2, 0) is 6.42 Å². The summed E-state index contributed by atoms with van der Waals surface area (Å²) in [5.41, 5.74) is 9.32. The standard InChI is InChI=1S/C28H33F3N4O/c29-28(30,31)36-24-9-4-6-21(17-24)26(34-15-5-14-32)12-11-22-19-35(23-7-2-1-3-8-23)27-13-10-20(18-33)16-25(22)27/h4,6,9-10,13,16-17,19,23,26,34H,1-3,5,7-8,11-12,14-15,32H2/t26-/m0/s1. The van der Waals surface area contributed by atoms with E-state index in [-0.39, 0.29) is 11.8 Å². The zero-order valence-corrected chi connectivity index (χ0v) is 20.4. The Balaban J connectivity index is 1.61. The van der Waals surface area contributed by atoms with Crippen molar-refractivity contribution in [3.8, 4) is 11.8 Å². The number of hydrogen-bond donors (Lipinski definition) is 2. The first-order valence-corrected chi connectivity index (χ1v) is 12.7. The van der Waals surface area contributed by atoms with Crippen LogP contribution in [-0.4, -0.2) is 24.0 Å². The van der Waals surface area contributed by atoms with E-state index in [1.807, 2.05) is 24.3 Å². The number of nitriles is 1. The number of benzene rings is 2. The van der Waals surface area contributed by atoms with Gasteiger partial charge in [-0.15, -0.1) is 13.2 Å². The van der Waals surface area contributed by atoms with Crippen LogP contribution in [0.5, 0.6) is 5.75 Å². The summed E-state index contributed by atoms with van der Waals surface area (Å²) in [5, 5.41) is 14.0. The Morgan fingerprint density at radius 1 is 1.14 bits per heavy atom. The fourth-order valence-electron chi connectivity index (χ4n) is 5.25. The predicted octanol–water partition coefficient (Wildman–Crippen LogP) is 6.53. The summed E-state index contributed by atoms with van der Waals surface area (Å²) in [4.78, 5) is 0. The first-order valence-electron chi connectivity index (χ1n) is 12.7. The molecule has 0 spiro atoms. The molecule has 36 heavy (non-hydrogen) atoms. The molecule has 1 heterocycles. The normalized spacial score (nSPS) is 15.6. The summed E-state index contributed by atoms with van der Waals surface area (Å²) in [7, 11) is 0. The van der Waals surface area contributed by atoms with Gasteiger partial charge in [0.15, 0.2) is 0 Å². The fraction of sp³-hybridized carbons (Fsp3) is 0.464. The maximum Gasteiger partial charge on any atom is 0.573 e. The van der Waals surface area contributed by atoms with E-state index in [0.29, 0.717) is 31.1 Å². The van der Waals surface area contributed by atoms with Crippen molar-refractivity contribution in [3.63, 3.8) is 0 Å². The number of nitrogens with one attached hydrogen (secondary N) is 1. The first kappa shape index (κ1) is 26.1. The fourth-order valence-corrected chi connectivity index (χ4v) is 5.25. The molecule has 0 bridgehead atoms. The van der Waals surface area contributed by atoms with Gasteiger partial charge in [-0.25, -0.2) is 0 Å². The number of nitrogens with two attached hydrogens (primary N) is 1. The molecule has 1 aliphatic carbocycles. The van der Waals surface area contributed by atoms with Crippen molar-refractivity contribution in [3.05, 3.63) is 65.4 Å². The second-order valence-electron chi connectivity index (χ2n) is 9.51. The van der Waals surface area contributed by atoms with Gasteiger partial charge in [-0.3, -0.25) is 0 Å². The molecule has 1 saturated carbocycles. The van der Waals surface area contributed by atoms with E-state index in [4.69, 9.17) is 5.73 Å². The second kappa shape index (κ2) is 11.8. The van der Waals surface area contributed by atoms with Gasteiger partial charge >= 0.3 is 6.36 Å². The Labute approximate surface area is 210 Å². The van der Waals surface area contributed by atoms with Crippen molar-refractivity contribution < 1.29 is 17.9 Å². The number of ether oxygens (including phenoxy) is 1. The molecule has 5 nitrogen and oxygen atoms in total. The number of alkyl halides is 3.